The number of aromatic nitrogens is 1. The van der Waals surface area contributed by atoms with Gasteiger partial charge < -0.3 is 24.4 Å². The number of amides is 1. The fourth-order valence-electron chi connectivity index (χ4n) is 3.42. The number of anilines is 2. The van der Waals surface area contributed by atoms with Crippen LogP contribution in [-0.4, -0.2) is 56.3 Å². The van der Waals surface area contributed by atoms with Crippen LogP contribution >= 0.6 is 11.3 Å². The molecule has 0 radical (unpaired) electrons. The summed E-state index contributed by atoms with van der Waals surface area (Å²) in [6.45, 7) is 3.03. The number of hydrogen-bond donors (Lipinski definition) is 1. The molecule has 172 valence electrons. The summed E-state index contributed by atoms with van der Waals surface area (Å²) in [7, 11) is 2.77. The van der Waals surface area contributed by atoms with E-state index in [0.29, 0.717) is 18.9 Å². The van der Waals surface area contributed by atoms with E-state index in [0.717, 1.165) is 29.5 Å². The van der Waals surface area contributed by atoms with Crippen LogP contribution in [0, 0.1) is 10.1 Å². The highest BCUT2D eigenvalue weighted by atomic mass is 32.1. The summed E-state index contributed by atoms with van der Waals surface area (Å²) in [5.41, 5.74) is 1.74. The molecule has 3 aromatic rings. The summed E-state index contributed by atoms with van der Waals surface area (Å²) in [6, 6.07) is 9.61. The molecule has 2 aromatic carbocycles. The van der Waals surface area contributed by atoms with Gasteiger partial charge >= 0.3 is 0 Å². The third-order valence-corrected chi connectivity index (χ3v) is 6.06. The molecule has 1 aliphatic rings. The maximum absolute atomic E-state index is 12.8. The highest BCUT2D eigenvalue weighted by Crippen LogP contribution is 2.35. The van der Waals surface area contributed by atoms with E-state index in [1.165, 1.54) is 26.4 Å². The largest absolute Gasteiger partial charge is 0.493 e. The Labute approximate surface area is 193 Å². The summed E-state index contributed by atoms with van der Waals surface area (Å²) in [5.74, 6) is -0.230. The predicted molar refractivity (Wildman–Crippen MR) is 125 cm³/mol. The normalized spacial score (nSPS) is 13.5. The first-order valence-electron chi connectivity index (χ1n) is 10.1. The van der Waals surface area contributed by atoms with E-state index in [1.54, 1.807) is 23.5 Å². The van der Waals surface area contributed by atoms with Gasteiger partial charge in [-0.25, -0.2) is 4.98 Å². The van der Waals surface area contributed by atoms with Crippen molar-refractivity contribution in [3.63, 3.8) is 0 Å². The maximum Gasteiger partial charge on any atom is 0.286 e. The Hall–Kier alpha value is -3.70. The molecule has 0 aliphatic carbocycles. The highest BCUT2D eigenvalue weighted by Gasteiger charge is 2.25. The van der Waals surface area contributed by atoms with Crippen molar-refractivity contribution in [2.24, 2.45) is 0 Å². The molecule has 2 heterocycles. The Morgan fingerprint density at radius 1 is 1.15 bits per heavy atom. The average molecular weight is 471 g/mol. The molecular formula is C22H22N4O6S. The monoisotopic (exact) mass is 470 g/mol. The summed E-state index contributed by atoms with van der Waals surface area (Å²) in [4.78, 5) is 30.6. The van der Waals surface area contributed by atoms with E-state index in [-0.39, 0.29) is 22.7 Å². The molecule has 1 N–H and O–H groups in total. The Kier molecular flexibility index (Phi) is 6.71. The van der Waals surface area contributed by atoms with E-state index in [4.69, 9.17) is 19.2 Å². The standard InChI is InChI=1S/C22H22N4O6S/c1-30-19-11-16(18(26(28)29)12-20(19)31-2)21(27)23-15-5-3-14(4-6-15)17-13-33-22(24-17)25-7-9-32-10-8-25/h3-6,11-13H,7-10H2,1-2H3,(H,23,27). The number of rotatable bonds is 7. The number of carbonyl (C=O) groups is 1. The van der Waals surface area contributed by atoms with Crippen molar-refractivity contribution in [1.29, 1.82) is 0 Å². The molecule has 1 saturated heterocycles. The molecule has 11 heteroatoms. The topological polar surface area (TPSA) is 116 Å². The molecule has 0 saturated carbocycles. The maximum atomic E-state index is 12.8. The number of thiazole rings is 1. The van der Waals surface area contributed by atoms with Gasteiger partial charge in [0.25, 0.3) is 11.6 Å². The molecule has 1 fully saturated rings. The van der Waals surface area contributed by atoms with Gasteiger partial charge in [0.15, 0.2) is 16.6 Å². The van der Waals surface area contributed by atoms with Crippen LogP contribution in [0.2, 0.25) is 0 Å². The second-order valence-electron chi connectivity index (χ2n) is 7.13. The van der Waals surface area contributed by atoms with Gasteiger partial charge in [-0.05, 0) is 12.1 Å². The number of nitrogens with zero attached hydrogens (tertiary/aromatic N) is 3. The zero-order chi connectivity index (χ0) is 23.4. The SMILES string of the molecule is COc1cc(C(=O)Nc2ccc(-c3csc(N4CCOCC4)n3)cc2)c([N+](=O)[O-])cc1OC. The highest BCUT2D eigenvalue weighted by molar-refractivity contribution is 7.14. The van der Waals surface area contributed by atoms with Crippen LogP contribution in [-0.2, 0) is 4.74 Å². The minimum Gasteiger partial charge on any atom is -0.493 e. The number of nitrogens with one attached hydrogen (secondary N) is 1. The van der Waals surface area contributed by atoms with Crippen molar-refractivity contribution in [1.82, 2.24) is 4.98 Å². The number of hydrogen-bond acceptors (Lipinski definition) is 9. The number of carbonyl (C=O) groups excluding carboxylic acids is 1. The van der Waals surface area contributed by atoms with Gasteiger partial charge in [-0.3, -0.25) is 14.9 Å². The molecular weight excluding hydrogens is 448 g/mol. The number of ether oxygens (including phenoxy) is 3. The first-order chi connectivity index (χ1) is 16.0. The zero-order valence-electron chi connectivity index (χ0n) is 18.1. The van der Waals surface area contributed by atoms with E-state index < -0.39 is 10.8 Å². The van der Waals surface area contributed by atoms with Crippen LogP contribution in [0.5, 0.6) is 11.5 Å². The van der Waals surface area contributed by atoms with Crippen LogP contribution in [0.1, 0.15) is 10.4 Å². The van der Waals surface area contributed by atoms with Gasteiger partial charge in [-0.15, -0.1) is 11.3 Å². The average Bonchev–Trinajstić information content (AvgIpc) is 3.34. The van der Waals surface area contributed by atoms with Crippen LogP contribution in [0.3, 0.4) is 0 Å². The summed E-state index contributed by atoms with van der Waals surface area (Å²) < 4.78 is 15.7. The Morgan fingerprint density at radius 2 is 1.82 bits per heavy atom. The first-order valence-corrected chi connectivity index (χ1v) is 11.0. The molecule has 10 nitrogen and oxygen atoms in total. The smallest absolute Gasteiger partial charge is 0.286 e. The third kappa shape index (κ3) is 4.89. The van der Waals surface area contributed by atoms with Crippen LogP contribution in [0.4, 0.5) is 16.5 Å². The molecule has 33 heavy (non-hydrogen) atoms. The lowest BCUT2D eigenvalue weighted by molar-refractivity contribution is -0.385. The van der Waals surface area contributed by atoms with Crippen molar-refractivity contribution in [3.05, 3.63) is 57.5 Å². The van der Waals surface area contributed by atoms with Crippen LogP contribution < -0.4 is 19.7 Å². The van der Waals surface area contributed by atoms with Gasteiger partial charge in [0.2, 0.25) is 0 Å². The minimum atomic E-state index is -0.631. The Balaban J connectivity index is 1.51. The summed E-state index contributed by atoms with van der Waals surface area (Å²) in [6.07, 6.45) is 0. The number of benzene rings is 2. The van der Waals surface area contributed by atoms with Gasteiger partial charge in [-0.1, -0.05) is 12.1 Å². The summed E-state index contributed by atoms with van der Waals surface area (Å²) in [5, 5.41) is 17.1. The van der Waals surface area contributed by atoms with Gasteiger partial charge in [0, 0.05) is 35.8 Å². The second kappa shape index (κ2) is 9.84. The molecule has 1 aliphatic heterocycles. The van der Waals surface area contributed by atoms with E-state index in [2.05, 4.69) is 10.2 Å². The lowest BCUT2D eigenvalue weighted by atomic mass is 10.1. The lowest BCUT2D eigenvalue weighted by Crippen LogP contribution is -2.36. The number of methoxy groups -OCH3 is 2. The van der Waals surface area contributed by atoms with Crippen molar-refractivity contribution in [2.45, 2.75) is 0 Å². The quantitative estimate of drug-likeness (QED) is 0.409. The van der Waals surface area contributed by atoms with Crippen molar-refractivity contribution >= 4 is 33.8 Å². The Bertz CT molecular complexity index is 1160. The van der Waals surface area contributed by atoms with E-state index >= 15 is 0 Å². The number of nitro benzene ring substituents is 1. The van der Waals surface area contributed by atoms with Crippen LogP contribution in [0.15, 0.2) is 41.8 Å². The van der Waals surface area contributed by atoms with Crippen molar-refractivity contribution in [3.8, 4) is 22.8 Å². The molecule has 0 unspecified atom stereocenters. The number of nitro groups is 1. The minimum absolute atomic E-state index is 0.128. The van der Waals surface area contributed by atoms with Crippen molar-refractivity contribution in [2.75, 3.05) is 50.7 Å². The second-order valence-corrected chi connectivity index (χ2v) is 7.96. The lowest BCUT2D eigenvalue weighted by Gasteiger charge is -2.26. The fraction of sp³-hybridized carbons (Fsp3) is 0.273. The van der Waals surface area contributed by atoms with Gasteiger partial charge in [-0.2, -0.15) is 0 Å². The molecule has 1 aromatic heterocycles. The molecule has 0 bridgehead atoms. The van der Waals surface area contributed by atoms with Gasteiger partial charge in [0.05, 0.1) is 44.1 Å². The third-order valence-electron chi connectivity index (χ3n) is 5.16. The van der Waals surface area contributed by atoms with E-state index in [1.807, 2.05) is 17.5 Å². The number of morpholine rings is 1. The first kappa shape index (κ1) is 22.5. The molecule has 0 spiro atoms. The predicted octanol–water partition coefficient (Wildman–Crippen LogP) is 3.82. The van der Waals surface area contributed by atoms with Crippen LogP contribution in [0.25, 0.3) is 11.3 Å². The zero-order valence-corrected chi connectivity index (χ0v) is 18.9. The summed E-state index contributed by atoms with van der Waals surface area (Å²) >= 11 is 1.58. The van der Waals surface area contributed by atoms with E-state index in [9.17, 15) is 14.9 Å². The fourth-order valence-corrected chi connectivity index (χ4v) is 4.31. The molecule has 1 amide bonds. The molecule has 0 atom stereocenters. The van der Waals surface area contributed by atoms with Crippen molar-refractivity contribution < 1.29 is 23.9 Å². The Morgan fingerprint density at radius 3 is 2.45 bits per heavy atom. The molecule has 4 rings (SSSR count). The van der Waals surface area contributed by atoms with Gasteiger partial charge in [0.1, 0.15) is 5.56 Å².